The highest BCUT2D eigenvalue weighted by atomic mass is 19.4. The first-order valence-corrected chi connectivity index (χ1v) is 9.73. The topological polar surface area (TPSA) is 81.8 Å². The van der Waals surface area contributed by atoms with Gasteiger partial charge in [0.25, 0.3) is 0 Å². The van der Waals surface area contributed by atoms with Crippen LogP contribution < -0.4 is 5.32 Å². The molecule has 0 aliphatic heterocycles. The zero-order chi connectivity index (χ0) is 21.2. The second-order valence-corrected chi connectivity index (χ2v) is 7.26. The molecule has 1 N–H and O–H groups in total. The number of alkyl halides is 3. The molecule has 1 atom stereocenters. The van der Waals surface area contributed by atoms with E-state index in [9.17, 15) is 22.8 Å². The predicted molar refractivity (Wildman–Crippen MR) is 99.6 cm³/mol. The Kier molecular flexibility index (Phi) is 6.09. The Hall–Kier alpha value is -2.65. The van der Waals surface area contributed by atoms with Gasteiger partial charge in [-0.25, -0.2) is 0 Å². The molecule has 3 rings (SSSR count). The highest BCUT2D eigenvalue weighted by molar-refractivity contribution is 5.96. The molecule has 7 nitrogen and oxygen atoms in total. The molecular weight excluding hydrogens is 387 g/mol. The van der Waals surface area contributed by atoms with Crippen LogP contribution in [0, 0.1) is 5.92 Å². The molecule has 1 amide bonds. The number of aldehydes is 1. The standard InChI is InChI=1S/C19H24F3N5O2/c1-3-26-16(11-28)14(10-23-26)24-18(29)12(2)8-9-27-15-7-5-4-6-13(15)17(25-27)19(20,21)22/h10-12H,3-9H2,1-2H3,(H,24,29). The van der Waals surface area contributed by atoms with Crippen molar-refractivity contribution in [3.8, 4) is 0 Å². The third-order valence-electron chi connectivity index (χ3n) is 5.30. The maximum absolute atomic E-state index is 13.3. The molecule has 0 fully saturated rings. The fourth-order valence-corrected chi connectivity index (χ4v) is 3.65. The number of rotatable bonds is 7. The van der Waals surface area contributed by atoms with Crippen molar-refractivity contribution in [2.24, 2.45) is 5.92 Å². The molecule has 0 saturated heterocycles. The number of nitrogens with one attached hydrogen (secondary N) is 1. The maximum atomic E-state index is 13.3. The maximum Gasteiger partial charge on any atom is 0.435 e. The summed E-state index contributed by atoms with van der Waals surface area (Å²) < 4.78 is 42.7. The zero-order valence-corrected chi connectivity index (χ0v) is 16.4. The van der Waals surface area contributed by atoms with E-state index in [1.54, 1.807) is 6.92 Å². The van der Waals surface area contributed by atoms with Crippen molar-refractivity contribution in [3.63, 3.8) is 0 Å². The van der Waals surface area contributed by atoms with Gasteiger partial charge in [0, 0.05) is 30.3 Å². The quantitative estimate of drug-likeness (QED) is 0.708. The number of aromatic nitrogens is 4. The number of anilines is 1. The third kappa shape index (κ3) is 4.35. The number of nitrogens with zero attached hydrogens (tertiary/aromatic N) is 4. The number of aryl methyl sites for hydroxylation is 2. The minimum Gasteiger partial charge on any atom is -0.323 e. The monoisotopic (exact) mass is 411 g/mol. The average Bonchev–Trinajstić information content (AvgIpc) is 3.26. The number of hydrogen-bond donors (Lipinski definition) is 1. The summed E-state index contributed by atoms with van der Waals surface area (Å²) in [5.74, 6) is -0.793. The Labute approximate surface area is 166 Å². The molecule has 2 aromatic heterocycles. The summed E-state index contributed by atoms with van der Waals surface area (Å²) in [6.07, 6.45) is 0.416. The van der Waals surface area contributed by atoms with Crippen LogP contribution in [0.2, 0.25) is 0 Å². The highest BCUT2D eigenvalue weighted by Gasteiger charge is 2.39. The van der Waals surface area contributed by atoms with Gasteiger partial charge >= 0.3 is 6.18 Å². The Balaban J connectivity index is 1.68. The van der Waals surface area contributed by atoms with Gasteiger partial charge in [0.1, 0.15) is 5.69 Å². The number of carbonyl (C=O) groups excluding carboxylic acids is 2. The first-order chi connectivity index (χ1) is 13.8. The number of halogens is 3. The molecule has 0 aromatic carbocycles. The van der Waals surface area contributed by atoms with E-state index in [0.717, 1.165) is 12.8 Å². The van der Waals surface area contributed by atoms with E-state index in [0.29, 0.717) is 49.0 Å². The lowest BCUT2D eigenvalue weighted by molar-refractivity contribution is -0.142. The van der Waals surface area contributed by atoms with Gasteiger partial charge in [-0.3, -0.25) is 19.0 Å². The normalized spacial score (nSPS) is 15.1. The van der Waals surface area contributed by atoms with Crippen LogP contribution in [0.5, 0.6) is 0 Å². The first-order valence-electron chi connectivity index (χ1n) is 9.73. The molecule has 2 aromatic rings. The second kappa shape index (κ2) is 8.38. The van der Waals surface area contributed by atoms with E-state index >= 15 is 0 Å². The van der Waals surface area contributed by atoms with E-state index < -0.39 is 17.8 Å². The fraction of sp³-hybridized carbons (Fsp3) is 0.579. The van der Waals surface area contributed by atoms with Crippen molar-refractivity contribution in [2.45, 2.75) is 65.2 Å². The summed E-state index contributed by atoms with van der Waals surface area (Å²) in [5.41, 5.74) is 0.734. The number of hydrogen-bond acceptors (Lipinski definition) is 4. The Morgan fingerprint density at radius 2 is 2.03 bits per heavy atom. The van der Waals surface area contributed by atoms with Gasteiger partial charge in [-0.05, 0) is 39.0 Å². The SMILES string of the molecule is CCn1ncc(NC(=O)C(C)CCn2nc(C(F)(F)F)c3c2CCCC3)c1C=O. The van der Waals surface area contributed by atoms with E-state index in [2.05, 4.69) is 15.5 Å². The van der Waals surface area contributed by atoms with Crippen LogP contribution in [0.4, 0.5) is 18.9 Å². The molecule has 1 unspecified atom stereocenters. The first kappa shape index (κ1) is 21.1. The summed E-state index contributed by atoms with van der Waals surface area (Å²) in [5, 5.41) is 10.5. The van der Waals surface area contributed by atoms with Crippen molar-refractivity contribution < 1.29 is 22.8 Å². The van der Waals surface area contributed by atoms with Crippen LogP contribution in [-0.2, 0) is 36.9 Å². The lowest BCUT2D eigenvalue weighted by atomic mass is 9.95. The molecule has 0 radical (unpaired) electrons. The largest absolute Gasteiger partial charge is 0.435 e. The van der Waals surface area contributed by atoms with Crippen LogP contribution in [0.15, 0.2) is 6.20 Å². The van der Waals surface area contributed by atoms with Gasteiger partial charge in [0.2, 0.25) is 5.91 Å². The second-order valence-electron chi connectivity index (χ2n) is 7.26. The van der Waals surface area contributed by atoms with Gasteiger partial charge in [0.15, 0.2) is 12.0 Å². The summed E-state index contributed by atoms with van der Waals surface area (Å²) in [4.78, 5) is 23.7. The van der Waals surface area contributed by atoms with Gasteiger partial charge in [-0.15, -0.1) is 0 Å². The summed E-state index contributed by atoms with van der Waals surface area (Å²) in [7, 11) is 0. The Morgan fingerprint density at radius 3 is 2.69 bits per heavy atom. The van der Waals surface area contributed by atoms with Crippen LogP contribution in [0.3, 0.4) is 0 Å². The van der Waals surface area contributed by atoms with E-state index in [-0.39, 0.29) is 18.1 Å². The summed E-state index contributed by atoms with van der Waals surface area (Å²) >= 11 is 0. The lowest BCUT2D eigenvalue weighted by Gasteiger charge is -2.16. The predicted octanol–water partition coefficient (Wildman–Crippen LogP) is 3.47. The average molecular weight is 411 g/mol. The van der Waals surface area contributed by atoms with Crippen molar-refractivity contribution >= 4 is 17.9 Å². The van der Waals surface area contributed by atoms with Crippen molar-refractivity contribution in [3.05, 3.63) is 28.8 Å². The smallest absolute Gasteiger partial charge is 0.323 e. The van der Waals surface area contributed by atoms with Crippen LogP contribution in [0.1, 0.15) is 60.5 Å². The van der Waals surface area contributed by atoms with E-state index in [1.807, 2.05) is 6.92 Å². The van der Waals surface area contributed by atoms with Crippen LogP contribution in [0.25, 0.3) is 0 Å². The van der Waals surface area contributed by atoms with Crippen LogP contribution >= 0.6 is 0 Å². The number of carbonyl (C=O) groups is 2. The van der Waals surface area contributed by atoms with Gasteiger partial charge in [0.05, 0.1) is 11.9 Å². The molecular formula is C19H24F3N5O2. The Bertz CT molecular complexity index is 901. The molecule has 1 aliphatic carbocycles. The molecule has 0 saturated carbocycles. The van der Waals surface area contributed by atoms with Gasteiger partial charge < -0.3 is 5.32 Å². The molecule has 10 heteroatoms. The van der Waals surface area contributed by atoms with Gasteiger partial charge in [-0.2, -0.15) is 23.4 Å². The molecule has 2 heterocycles. The third-order valence-corrected chi connectivity index (χ3v) is 5.30. The van der Waals surface area contributed by atoms with Crippen molar-refractivity contribution in [2.75, 3.05) is 5.32 Å². The fourth-order valence-electron chi connectivity index (χ4n) is 3.65. The Morgan fingerprint density at radius 1 is 1.31 bits per heavy atom. The molecule has 29 heavy (non-hydrogen) atoms. The van der Waals surface area contributed by atoms with E-state index in [1.165, 1.54) is 15.6 Å². The number of fused-ring (bicyclic) bond motifs is 1. The highest BCUT2D eigenvalue weighted by Crippen LogP contribution is 2.36. The van der Waals surface area contributed by atoms with Gasteiger partial charge in [-0.1, -0.05) is 6.92 Å². The van der Waals surface area contributed by atoms with Crippen molar-refractivity contribution in [1.29, 1.82) is 0 Å². The molecule has 0 spiro atoms. The lowest BCUT2D eigenvalue weighted by Crippen LogP contribution is -2.23. The summed E-state index contributed by atoms with van der Waals surface area (Å²) in [6.45, 7) is 4.24. The number of amides is 1. The van der Waals surface area contributed by atoms with Crippen molar-refractivity contribution in [1.82, 2.24) is 19.6 Å². The van der Waals surface area contributed by atoms with Crippen LogP contribution in [-0.4, -0.2) is 31.8 Å². The molecule has 0 bridgehead atoms. The minimum atomic E-state index is -4.47. The summed E-state index contributed by atoms with van der Waals surface area (Å²) in [6, 6.07) is 0. The molecule has 1 aliphatic rings. The van der Waals surface area contributed by atoms with E-state index in [4.69, 9.17) is 0 Å². The molecule has 158 valence electrons. The minimum absolute atomic E-state index is 0.224. The zero-order valence-electron chi connectivity index (χ0n) is 16.4.